The van der Waals surface area contributed by atoms with Gasteiger partial charge in [0.1, 0.15) is 0 Å². The highest BCUT2D eigenvalue weighted by atomic mass is 35.5. The second-order valence-electron chi connectivity index (χ2n) is 6.32. The maximum atomic E-state index is 12.5. The number of nitrogens with two attached hydrogens (primary N) is 1. The molecule has 9 heteroatoms. The van der Waals surface area contributed by atoms with Gasteiger partial charge in [-0.1, -0.05) is 29.8 Å². The van der Waals surface area contributed by atoms with Crippen molar-refractivity contribution in [3.05, 3.63) is 59.1 Å². The van der Waals surface area contributed by atoms with Crippen molar-refractivity contribution in [2.75, 3.05) is 11.3 Å². The molecule has 146 valence electrons. The number of rotatable bonds is 7. The minimum absolute atomic E-state index is 0. The van der Waals surface area contributed by atoms with Gasteiger partial charge in [-0.25, -0.2) is 8.42 Å². The number of halogens is 2. The van der Waals surface area contributed by atoms with Crippen molar-refractivity contribution < 1.29 is 13.2 Å². The average Bonchev–Trinajstić information content (AvgIpc) is 3.45. The maximum Gasteiger partial charge on any atom is 0.261 e. The Kier molecular flexibility index (Phi) is 7.11. The van der Waals surface area contributed by atoms with E-state index in [-0.39, 0.29) is 34.6 Å². The summed E-state index contributed by atoms with van der Waals surface area (Å²) in [7, 11) is -3.83. The smallest absolute Gasteiger partial charge is 0.261 e. The van der Waals surface area contributed by atoms with Crippen LogP contribution in [0.1, 0.15) is 23.2 Å². The van der Waals surface area contributed by atoms with Crippen LogP contribution in [0.25, 0.3) is 0 Å². The molecule has 0 radical (unpaired) electrons. The molecule has 1 atom stereocenters. The molecule has 4 N–H and O–H groups in total. The summed E-state index contributed by atoms with van der Waals surface area (Å²) in [6.07, 6.45) is 2.17. The van der Waals surface area contributed by atoms with E-state index in [4.69, 9.17) is 17.3 Å². The van der Waals surface area contributed by atoms with Crippen molar-refractivity contribution in [2.24, 2.45) is 11.7 Å². The summed E-state index contributed by atoms with van der Waals surface area (Å²) in [5.41, 5.74) is 6.31. The van der Waals surface area contributed by atoms with Gasteiger partial charge in [-0.15, -0.1) is 12.4 Å². The first-order valence-electron chi connectivity index (χ1n) is 8.28. The molecule has 1 saturated carbocycles. The van der Waals surface area contributed by atoms with Crippen LogP contribution in [-0.4, -0.2) is 26.9 Å². The highest BCUT2D eigenvalue weighted by Crippen LogP contribution is 2.31. The van der Waals surface area contributed by atoms with E-state index < -0.39 is 15.9 Å². The number of hydrogen-bond donors (Lipinski definition) is 3. The second kappa shape index (κ2) is 8.93. The van der Waals surface area contributed by atoms with E-state index in [0.29, 0.717) is 17.5 Å². The third-order valence-corrected chi connectivity index (χ3v) is 5.87. The molecule has 6 nitrogen and oxygen atoms in total. The molecule has 1 aliphatic rings. The lowest BCUT2D eigenvalue weighted by atomic mass is 10.1. The quantitative estimate of drug-likeness (QED) is 0.629. The summed E-state index contributed by atoms with van der Waals surface area (Å²) in [6, 6.07) is 12.3. The number of anilines is 1. The van der Waals surface area contributed by atoms with E-state index in [0.717, 1.165) is 12.8 Å². The number of sulfonamides is 1. The standard InChI is InChI=1S/C18H20ClN3O3S.ClH/c19-13-8-9-15(18(23)21-11-16(20)12-6-7-12)17(10-13)22-26(24,25)14-4-2-1-3-5-14;/h1-5,8-10,12,16,22H,6-7,11,20H2,(H,21,23);1H. The van der Waals surface area contributed by atoms with Gasteiger partial charge in [-0.3, -0.25) is 9.52 Å². The van der Waals surface area contributed by atoms with E-state index in [2.05, 4.69) is 10.0 Å². The van der Waals surface area contributed by atoms with Gasteiger partial charge >= 0.3 is 0 Å². The first-order chi connectivity index (χ1) is 12.4. The lowest BCUT2D eigenvalue weighted by molar-refractivity contribution is 0.0951. The molecule has 27 heavy (non-hydrogen) atoms. The molecule has 0 saturated heterocycles. The van der Waals surface area contributed by atoms with Crippen LogP contribution in [-0.2, 0) is 10.0 Å². The van der Waals surface area contributed by atoms with E-state index in [1.165, 1.54) is 30.3 Å². The number of nitrogens with one attached hydrogen (secondary N) is 2. The Morgan fingerprint density at radius 1 is 1.19 bits per heavy atom. The summed E-state index contributed by atoms with van der Waals surface area (Å²) >= 11 is 5.99. The molecule has 0 spiro atoms. The minimum atomic E-state index is -3.83. The lowest BCUT2D eigenvalue weighted by Crippen LogP contribution is -2.38. The molecular formula is C18H21Cl2N3O3S. The fourth-order valence-corrected chi connectivity index (χ4v) is 3.86. The average molecular weight is 430 g/mol. The third-order valence-electron chi connectivity index (χ3n) is 4.25. The Labute approximate surface area is 169 Å². The van der Waals surface area contributed by atoms with E-state index in [1.54, 1.807) is 18.2 Å². The van der Waals surface area contributed by atoms with Crippen LogP contribution in [0.5, 0.6) is 0 Å². The highest BCUT2D eigenvalue weighted by molar-refractivity contribution is 7.92. The summed E-state index contributed by atoms with van der Waals surface area (Å²) in [5, 5.41) is 3.08. The van der Waals surface area contributed by atoms with Gasteiger partial charge in [0.05, 0.1) is 16.1 Å². The largest absolute Gasteiger partial charge is 0.350 e. The van der Waals surface area contributed by atoms with E-state index in [9.17, 15) is 13.2 Å². The monoisotopic (exact) mass is 429 g/mol. The zero-order valence-electron chi connectivity index (χ0n) is 14.4. The molecule has 0 aromatic heterocycles. The van der Waals surface area contributed by atoms with Crippen LogP contribution in [0.3, 0.4) is 0 Å². The SMILES string of the molecule is Cl.NC(CNC(=O)c1ccc(Cl)cc1NS(=O)(=O)c1ccccc1)C1CC1. The Balaban J connectivity index is 0.00000261. The Hall–Kier alpha value is -1.80. The topological polar surface area (TPSA) is 101 Å². The van der Waals surface area contributed by atoms with Gasteiger partial charge in [0.15, 0.2) is 0 Å². The zero-order valence-corrected chi connectivity index (χ0v) is 16.8. The summed E-state index contributed by atoms with van der Waals surface area (Å²) in [6.45, 7) is 0.344. The fraction of sp³-hybridized carbons (Fsp3) is 0.278. The Morgan fingerprint density at radius 3 is 2.48 bits per heavy atom. The van der Waals surface area contributed by atoms with Crippen LogP contribution in [0, 0.1) is 5.92 Å². The number of benzene rings is 2. The van der Waals surface area contributed by atoms with Crippen molar-refractivity contribution in [3.63, 3.8) is 0 Å². The van der Waals surface area contributed by atoms with Crippen LogP contribution in [0.15, 0.2) is 53.4 Å². The number of carbonyl (C=O) groups is 1. The molecule has 1 aliphatic carbocycles. The molecule has 2 aromatic rings. The predicted octanol–water partition coefficient (Wildman–Crippen LogP) is 3.03. The van der Waals surface area contributed by atoms with Crippen molar-refractivity contribution in [1.29, 1.82) is 0 Å². The highest BCUT2D eigenvalue weighted by Gasteiger charge is 2.29. The molecule has 2 aromatic carbocycles. The van der Waals surface area contributed by atoms with Crippen molar-refractivity contribution in [3.8, 4) is 0 Å². The van der Waals surface area contributed by atoms with Gasteiger partial charge in [0, 0.05) is 17.6 Å². The van der Waals surface area contributed by atoms with Crippen LogP contribution in [0.4, 0.5) is 5.69 Å². The van der Waals surface area contributed by atoms with Crippen LogP contribution < -0.4 is 15.8 Å². The summed E-state index contributed by atoms with van der Waals surface area (Å²) in [5.74, 6) is 0.0556. The van der Waals surface area contributed by atoms with E-state index in [1.807, 2.05) is 0 Å². The van der Waals surface area contributed by atoms with Crippen molar-refractivity contribution >= 4 is 45.6 Å². The number of amides is 1. The molecule has 0 heterocycles. The number of hydrogen-bond acceptors (Lipinski definition) is 4. The first-order valence-corrected chi connectivity index (χ1v) is 10.1. The molecular weight excluding hydrogens is 409 g/mol. The lowest BCUT2D eigenvalue weighted by Gasteiger charge is -2.15. The minimum Gasteiger partial charge on any atom is -0.350 e. The molecule has 3 rings (SSSR count). The fourth-order valence-electron chi connectivity index (χ4n) is 2.60. The molecule has 1 amide bonds. The molecule has 0 aliphatic heterocycles. The van der Waals surface area contributed by atoms with Crippen molar-refractivity contribution in [2.45, 2.75) is 23.8 Å². The summed E-state index contributed by atoms with van der Waals surface area (Å²) in [4.78, 5) is 12.6. The zero-order chi connectivity index (χ0) is 18.7. The van der Waals surface area contributed by atoms with E-state index >= 15 is 0 Å². The maximum absolute atomic E-state index is 12.5. The molecule has 0 bridgehead atoms. The van der Waals surface area contributed by atoms with Gasteiger partial charge in [0.25, 0.3) is 15.9 Å². The third kappa shape index (κ3) is 5.59. The normalized spacial score (nSPS) is 14.7. The van der Waals surface area contributed by atoms with Gasteiger partial charge in [-0.05, 0) is 49.1 Å². The Morgan fingerprint density at radius 2 is 1.85 bits per heavy atom. The van der Waals surface area contributed by atoms with Gasteiger partial charge < -0.3 is 11.1 Å². The predicted molar refractivity (Wildman–Crippen MR) is 109 cm³/mol. The van der Waals surface area contributed by atoms with Gasteiger partial charge in [0.2, 0.25) is 0 Å². The van der Waals surface area contributed by atoms with Crippen LogP contribution >= 0.6 is 24.0 Å². The molecule has 1 fully saturated rings. The van der Waals surface area contributed by atoms with Crippen LogP contribution in [0.2, 0.25) is 5.02 Å². The Bertz CT molecular complexity index is 903. The molecule has 1 unspecified atom stereocenters. The second-order valence-corrected chi connectivity index (χ2v) is 8.44. The first kappa shape index (κ1) is 21.5. The summed E-state index contributed by atoms with van der Waals surface area (Å²) < 4.78 is 27.5. The van der Waals surface area contributed by atoms with Gasteiger partial charge in [-0.2, -0.15) is 0 Å². The van der Waals surface area contributed by atoms with Crippen molar-refractivity contribution in [1.82, 2.24) is 5.32 Å². The number of carbonyl (C=O) groups excluding carboxylic acids is 1.